The van der Waals surface area contributed by atoms with E-state index in [1.807, 2.05) is 19.1 Å². The van der Waals surface area contributed by atoms with Gasteiger partial charge in [-0.15, -0.1) is 11.3 Å². The number of hydrogen-bond donors (Lipinski definition) is 1. The van der Waals surface area contributed by atoms with Gasteiger partial charge in [0, 0.05) is 16.0 Å². The summed E-state index contributed by atoms with van der Waals surface area (Å²) in [6.07, 6.45) is 1.18. The number of aromatic nitrogens is 1. The molecule has 0 aliphatic rings. The molecule has 2 aromatic rings. The summed E-state index contributed by atoms with van der Waals surface area (Å²) in [5, 5.41) is 0.182. The van der Waals surface area contributed by atoms with E-state index in [4.69, 9.17) is 23.2 Å². The van der Waals surface area contributed by atoms with E-state index in [0.717, 1.165) is 9.75 Å². The average Bonchev–Trinajstić information content (AvgIpc) is 2.79. The number of hydrogen-bond acceptors (Lipinski definition) is 4. The van der Waals surface area contributed by atoms with Gasteiger partial charge >= 0.3 is 0 Å². The molecular formula is C12H12Cl2N2O2S2. The number of thiophene rings is 1. The third-order valence-corrected chi connectivity index (χ3v) is 5.98. The molecule has 0 aromatic carbocycles. The maximum atomic E-state index is 12.2. The third-order valence-electron chi connectivity index (χ3n) is 2.60. The van der Waals surface area contributed by atoms with Crippen LogP contribution in [0.25, 0.3) is 0 Å². The molecule has 1 atom stereocenters. The normalized spacial score (nSPS) is 13.4. The molecule has 0 aliphatic carbocycles. The molecular weight excluding hydrogens is 339 g/mol. The number of pyridine rings is 1. The quantitative estimate of drug-likeness (QED) is 0.853. The van der Waals surface area contributed by atoms with Gasteiger partial charge in [-0.05, 0) is 32.0 Å². The molecule has 0 fully saturated rings. The average molecular weight is 351 g/mol. The van der Waals surface area contributed by atoms with Crippen LogP contribution < -0.4 is 4.72 Å². The largest absolute Gasteiger partial charge is 0.242 e. The first-order valence-electron chi connectivity index (χ1n) is 5.69. The second-order valence-corrected chi connectivity index (χ2v) is 8.03. The van der Waals surface area contributed by atoms with E-state index in [9.17, 15) is 8.42 Å². The standard InChI is InChI=1S/C12H12Cl2N2O2S2/c1-7-3-4-11(19-7)8(2)16-20(17,18)9-5-10(13)12(14)15-6-9/h3-6,8,16H,1-2H3. The number of rotatable bonds is 4. The van der Waals surface area contributed by atoms with Crippen molar-refractivity contribution in [2.75, 3.05) is 0 Å². The number of aryl methyl sites for hydroxylation is 1. The molecule has 4 nitrogen and oxygen atoms in total. The summed E-state index contributed by atoms with van der Waals surface area (Å²) in [5.74, 6) is 0. The zero-order valence-electron chi connectivity index (χ0n) is 10.7. The predicted molar refractivity (Wildman–Crippen MR) is 82.0 cm³/mol. The van der Waals surface area contributed by atoms with Crippen LogP contribution in [0.3, 0.4) is 0 Å². The molecule has 0 saturated heterocycles. The molecule has 1 N–H and O–H groups in total. The van der Waals surface area contributed by atoms with Crippen molar-refractivity contribution in [2.45, 2.75) is 24.8 Å². The van der Waals surface area contributed by atoms with E-state index in [1.165, 1.54) is 12.3 Å². The zero-order valence-corrected chi connectivity index (χ0v) is 13.9. The van der Waals surface area contributed by atoms with E-state index in [0.29, 0.717) is 0 Å². The highest BCUT2D eigenvalue weighted by Crippen LogP contribution is 2.26. The van der Waals surface area contributed by atoms with Gasteiger partial charge in [-0.2, -0.15) is 0 Å². The fourth-order valence-electron chi connectivity index (χ4n) is 1.60. The van der Waals surface area contributed by atoms with Gasteiger partial charge in [-0.3, -0.25) is 0 Å². The van der Waals surface area contributed by atoms with Gasteiger partial charge in [-0.1, -0.05) is 23.2 Å². The van der Waals surface area contributed by atoms with Gasteiger partial charge in [-0.25, -0.2) is 18.1 Å². The maximum Gasteiger partial charge on any atom is 0.242 e. The molecule has 8 heteroatoms. The van der Waals surface area contributed by atoms with Gasteiger partial charge in [0.05, 0.1) is 11.1 Å². The van der Waals surface area contributed by atoms with Crippen LogP contribution in [0.15, 0.2) is 29.3 Å². The maximum absolute atomic E-state index is 12.2. The Bertz CT molecular complexity index is 729. The van der Waals surface area contributed by atoms with Crippen molar-refractivity contribution >= 4 is 44.6 Å². The molecule has 0 bridgehead atoms. The van der Waals surface area contributed by atoms with Crippen molar-refractivity contribution in [3.05, 3.63) is 44.3 Å². The third kappa shape index (κ3) is 3.51. The summed E-state index contributed by atoms with van der Waals surface area (Å²) in [6, 6.07) is 4.81. The molecule has 0 radical (unpaired) electrons. The van der Waals surface area contributed by atoms with Crippen LogP contribution in [0.5, 0.6) is 0 Å². The minimum Gasteiger partial charge on any atom is -0.242 e. The molecule has 2 aromatic heterocycles. The summed E-state index contributed by atoms with van der Waals surface area (Å²) in [4.78, 5) is 5.81. The Morgan fingerprint density at radius 3 is 2.60 bits per heavy atom. The Kier molecular flexibility index (Phi) is 4.71. The highest BCUT2D eigenvalue weighted by molar-refractivity contribution is 7.89. The van der Waals surface area contributed by atoms with Gasteiger partial charge in [0.2, 0.25) is 10.0 Å². The van der Waals surface area contributed by atoms with Crippen molar-refractivity contribution in [1.82, 2.24) is 9.71 Å². The molecule has 0 spiro atoms. The number of sulfonamides is 1. The number of halogens is 2. The van der Waals surface area contributed by atoms with Gasteiger partial charge in [0.1, 0.15) is 10.0 Å². The lowest BCUT2D eigenvalue weighted by Gasteiger charge is -2.13. The van der Waals surface area contributed by atoms with Crippen molar-refractivity contribution < 1.29 is 8.42 Å². The summed E-state index contributed by atoms with van der Waals surface area (Å²) < 4.78 is 27.1. The van der Waals surface area contributed by atoms with Gasteiger partial charge in [0.25, 0.3) is 0 Å². The summed E-state index contributed by atoms with van der Waals surface area (Å²) in [7, 11) is -3.69. The van der Waals surface area contributed by atoms with Crippen molar-refractivity contribution in [3.8, 4) is 0 Å². The predicted octanol–water partition coefficient (Wildman–Crippen LogP) is 3.80. The fraction of sp³-hybridized carbons (Fsp3) is 0.250. The van der Waals surface area contributed by atoms with Crippen LogP contribution in [0.1, 0.15) is 22.7 Å². The second-order valence-electron chi connectivity index (χ2n) is 4.24. The summed E-state index contributed by atoms with van der Waals surface area (Å²) in [6.45, 7) is 3.76. The molecule has 2 heterocycles. The lowest BCUT2D eigenvalue weighted by atomic mass is 10.3. The van der Waals surface area contributed by atoms with Crippen LogP contribution in [-0.4, -0.2) is 13.4 Å². The Balaban J connectivity index is 2.24. The monoisotopic (exact) mass is 350 g/mol. The van der Waals surface area contributed by atoms with E-state index >= 15 is 0 Å². The second kappa shape index (κ2) is 5.99. The van der Waals surface area contributed by atoms with Crippen LogP contribution in [0, 0.1) is 6.92 Å². The Morgan fingerprint density at radius 1 is 1.35 bits per heavy atom. The lowest BCUT2D eigenvalue weighted by molar-refractivity contribution is 0.568. The van der Waals surface area contributed by atoms with Crippen molar-refractivity contribution in [3.63, 3.8) is 0 Å². The molecule has 1 unspecified atom stereocenters. The SMILES string of the molecule is Cc1ccc(C(C)NS(=O)(=O)c2cnc(Cl)c(Cl)c2)s1. The minimum absolute atomic E-state index is 0.00738. The van der Waals surface area contributed by atoms with Crippen LogP contribution in [-0.2, 0) is 10.0 Å². The van der Waals surface area contributed by atoms with E-state index in [-0.39, 0.29) is 21.1 Å². The molecule has 0 amide bonds. The molecule has 0 aliphatic heterocycles. The highest BCUT2D eigenvalue weighted by atomic mass is 35.5. The lowest BCUT2D eigenvalue weighted by Crippen LogP contribution is -2.26. The van der Waals surface area contributed by atoms with Crippen molar-refractivity contribution in [2.24, 2.45) is 0 Å². The highest BCUT2D eigenvalue weighted by Gasteiger charge is 2.20. The van der Waals surface area contributed by atoms with Gasteiger partial charge in [0.15, 0.2) is 0 Å². The Hall–Kier alpha value is -0.660. The summed E-state index contributed by atoms with van der Waals surface area (Å²) in [5.41, 5.74) is 0. The fourth-order valence-corrected chi connectivity index (χ4v) is 4.08. The Labute approximate surface area is 131 Å². The van der Waals surface area contributed by atoms with E-state index < -0.39 is 10.0 Å². The number of nitrogens with zero attached hydrogens (tertiary/aromatic N) is 1. The van der Waals surface area contributed by atoms with Crippen molar-refractivity contribution in [1.29, 1.82) is 0 Å². The van der Waals surface area contributed by atoms with E-state index in [2.05, 4.69) is 9.71 Å². The zero-order chi connectivity index (χ0) is 14.9. The van der Waals surface area contributed by atoms with Crippen LogP contribution in [0.2, 0.25) is 10.2 Å². The minimum atomic E-state index is -3.69. The van der Waals surface area contributed by atoms with E-state index in [1.54, 1.807) is 18.3 Å². The summed E-state index contributed by atoms with van der Waals surface area (Å²) >= 11 is 13.0. The smallest absolute Gasteiger partial charge is 0.242 e. The van der Waals surface area contributed by atoms with Crippen LogP contribution >= 0.6 is 34.5 Å². The molecule has 0 saturated carbocycles. The molecule has 2 rings (SSSR count). The first-order chi connectivity index (χ1) is 9.29. The van der Waals surface area contributed by atoms with Crippen LogP contribution in [0.4, 0.5) is 0 Å². The topological polar surface area (TPSA) is 59.1 Å². The van der Waals surface area contributed by atoms with Gasteiger partial charge < -0.3 is 0 Å². The molecule has 20 heavy (non-hydrogen) atoms. The Morgan fingerprint density at radius 2 is 2.05 bits per heavy atom. The first-order valence-corrected chi connectivity index (χ1v) is 8.75. The molecule has 108 valence electrons. The first kappa shape index (κ1) is 15.7. The number of nitrogens with one attached hydrogen (secondary N) is 1.